The van der Waals surface area contributed by atoms with Crippen molar-refractivity contribution in [2.75, 3.05) is 19.6 Å². The van der Waals surface area contributed by atoms with Crippen LogP contribution in [0.15, 0.2) is 0 Å². The summed E-state index contributed by atoms with van der Waals surface area (Å²) in [5.74, 6) is 1.75. The molecule has 0 aromatic rings. The van der Waals surface area contributed by atoms with Crippen molar-refractivity contribution >= 4 is 0 Å². The van der Waals surface area contributed by atoms with Crippen molar-refractivity contribution in [3.63, 3.8) is 0 Å². The van der Waals surface area contributed by atoms with Crippen molar-refractivity contribution in [3.05, 3.63) is 0 Å². The molecule has 0 spiro atoms. The van der Waals surface area contributed by atoms with E-state index in [1.165, 1.54) is 32.4 Å². The van der Waals surface area contributed by atoms with Crippen LogP contribution in [0.25, 0.3) is 0 Å². The van der Waals surface area contributed by atoms with Gasteiger partial charge >= 0.3 is 0 Å². The van der Waals surface area contributed by atoms with Crippen LogP contribution in [0.4, 0.5) is 0 Å². The molecule has 1 aliphatic rings. The van der Waals surface area contributed by atoms with Crippen LogP contribution >= 0.6 is 0 Å². The lowest BCUT2D eigenvalue weighted by molar-refractivity contribution is 0.0981. The molecular formula is C12H26N2. The fourth-order valence-electron chi connectivity index (χ4n) is 2.67. The molecule has 0 aromatic carbocycles. The smallest absolute Gasteiger partial charge is 0.00676 e. The second-order valence-corrected chi connectivity index (χ2v) is 5.18. The van der Waals surface area contributed by atoms with Crippen molar-refractivity contribution in [1.29, 1.82) is 0 Å². The van der Waals surface area contributed by atoms with Gasteiger partial charge in [-0.2, -0.15) is 0 Å². The zero-order valence-electron chi connectivity index (χ0n) is 10.00. The maximum absolute atomic E-state index is 5.54. The van der Waals surface area contributed by atoms with E-state index in [9.17, 15) is 0 Å². The highest BCUT2D eigenvalue weighted by molar-refractivity contribution is 4.78. The summed E-state index contributed by atoms with van der Waals surface area (Å²) in [7, 11) is 0. The Morgan fingerprint density at radius 2 is 1.86 bits per heavy atom. The summed E-state index contributed by atoms with van der Waals surface area (Å²) in [6.45, 7) is 10.5. The lowest BCUT2D eigenvalue weighted by Crippen LogP contribution is -2.43. The Morgan fingerprint density at radius 1 is 1.29 bits per heavy atom. The largest absolute Gasteiger partial charge is 0.330 e. The van der Waals surface area contributed by atoms with Gasteiger partial charge in [-0.05, 0) is 44.6 Å². The molecule has 2 nitrogen and oxygen atoms in total. The first-order chi connectivity index (χ1) is 6.63. The van der Waals surface area contributed by atoms with Crippen LogP contribution in [-0.2, 0) is 0 Å². The summed E-state index contributed by atoms with van der Waals surface area (Å²) < 4.78 is 0. The molecule has 3 atom stereocenters. The molecule has 3 unspecified atom stereocenters. The standard InChI is InChI=1S/C12H26N2/c1-10-7-11(2)9-14(8-10)12(3)5-4-6-13/h10-12H,4-9,13H2,1-3H3. The molecule has 0 radical (unpaired) electrons. The van der Waals surface area contributed by atoms with E-state index in [1.807, 2.05) is 0 Å². The zero-order chi connectivity index (χ0) is 10.6. The van der Waals surface area contributed by atoms with Gasteiger partial charge in [-0.1, -0.05) is 13.8 Å². The van der Waals surface area contributed by atoms with E-state index in [0.29, 0.717) is 0 Å². The Balaban J connectivity index is 2.34. The number of rotatable bonds is 4. The van der Waals surface area contributed by atoms with Gasteiger partial charge in [0.05, 0.1) is 0 Å². The zero-order valence-corrected chi connectivity index (χ0v) is 10.00. The van der Waals surface area contributed by atoms with E-state index in [4.69, 9.17) is 5.73 Å². The normalized spacial score (nSPS) is 31.7. The topological polar surface area (TPSA) is 29.3 Å². The number of nitrogens with two attached hydrogens (primary N) is 1. The third kappa shape index (κ3) is 3.58. The van der Waals surface area contributed by atoms with Crippen LogP contribution in [-0.4, -0.2) is 30.6 Å². The Bertz CT molecular complexity index is 148. The fourth-order valence-corrected chi connectivity index (χ4v) is 2.67. The fraction of sp³-hybridized carbons (Fsp3) is 1.00. The van der Waals surface area contributed by atoms with E-state index in [0.717, 1.165) is 24.4 Å². The number of hydrogen-bond donors (Lipinski definition) is 1. The molecule has 1 aliphatic heterocycles. The van der Waals surface area contributed by atoms with Gasteiger partial charge in [-0.15, -0.1) is 0 Å². The minimum Gasteiger partial charge on any atom is -0.330 e. The van der Waals surface area contributed by atoms with E-state index in [1.54, 1.807) is 0 Å². The average molecular weight is 198 g/mol. The molecule has 2 heteroatoms. The summed E-state index contributed by atoms with van der Waals surface area (Å²) in [6.07, 6.45) is 3.83. The molecule has 0 amide bonds. The SMILES string of the molecule is CC1CC(C)CN(C(C)CCCN)C1. The third-order valence-electron chi connectivity index (χ3n) is 3.35. The first kappa shape index (κ1) is 12.0. The lowest BCUT2D eigenvalue weighted by Gasteiger charge is -2.38. The highest BCUT2D eigenvalue weighted by Crippen LogP contribution is 2.23. The van der Waals surface area contributed by atoms with Gasteiger partial charge in [0.1, 0.15) is 0 Å². The van der Waals surface area contributed by atoms with Crippen LogP contribution in [0.1, 0.15) is 40.0 Å². The maximum Gasteiger partial charge on any atom is 0.00676 e. The van der Waals surface area contributed by atoms with Crippen molar-refractivity contribution in [2.24, 2.45) is 17.6 Å². The van der Waals surface area contributed by atoms with Crippen molar-refractivity contribution in [1.82, 2.24) is 4.90 Å². The van der Waals surface area contributed by atoms with E-state index >= 15 is 0 Å². The molecule has 0 aromatic heterocycles. The monoisotopic (exact) mass is 198 g/mol. The number of piperidine rings is 1. The maximum atomic E-state index is 5.54. The van der Waals surface area contributed by atoms with Gasteiger partial charge in [0.2, 0.25) is 0 Å². The average Bonchev–Trinajstić information content (AvgIpc) is 2.12. The molecule has 0 saturated carbocycles. The summed E-state index contributed by atoms with van der Waals surface area (Å²) >= 11 is 0. The first-order valence-electron chi connectivity index (χ1n) is 6.07. The van der Waals surface area contributed by atoms with Gasteiger partial charge in [0.25, 0.3) is 0 Å². The number of nitrogens with zero attached hydrogens (tertiary/aromatic N) is 1. The Labute approximate surface area is 88.8 Å². The van der Waals surface area contributed by atoms with E-state index in [2.05, 4.69) is 25.7 Å². The van der Waals surface area contributed by atoms with Gasteiger partial charge in [-0.3, -0.25) is 0 Å². The molecular weight excluding hydrogens is 172 g/mol. The molecule has 0 aliphatic carbocycles. The highest BCUT2D eigenvalue weighted by Gasteiger charge is 2.24. The molecule has 1 fully saturated rings. The summed E-state index contributed by atoms with van der Waals surface area (Å²) in [6, 6.07) is 0.726. The number of likely N-dealkylation sites (tertiary alicyclic amines) is 1. The summed E-state index contributed by atoms with van der Waals surface area (Å²) in [5.41, 5.74) is 5.54. The number of hydrogen-bond acceptors (Lipinski definition) is 2. The minimum atomic E-state index is 0.726. The molecule has 0 bridgehead atoms. The molecule has 14 heavy (non-hydrogen) atoms. The quantitative estimate of drug-likeness (QED) is 0.749. The Morgan fingerprint density at radius 3 is 2.36 bits per heavy atom. The van der Waals surface area contributed by atoms with Crippen LogP contribution in [0, 0.1) is 11.8 Å². The summed E-state index contributed by atoms with van der Waals surface area (Å²) in [4.78, 5) is 2.65. The van der Waals surface area contributed by atoms with Gasteiger partial charge in [0, 0.05) is 19.1 Å². The predicted octanol–water partition coefficient (Wildman–Crippen LogP) is 2.09. The van der Waals surface area contributed by atoms with Gasteiger partial charge in [0.15, 0.2) is 0 Å². The second kappa shape index (κ2) is 5.72. The van der Waals surface area contributed by atoms with Crippen molar-refractivity contribution in [3.8, 4) is 0 Å². The van der Waals surface area contributed by atoms with Crippen LogP contribution in [0.2, 0.25) is 0 Å². The Kier molecular flexibility index (Phi) is 4.90. The van der Waals surface area contributed by atoms with Gasteiger partial charge in [-0.25, -0.2) is 0 Å². The van der Waals surface area contributed by atoms with Crippen molar-refractivity contribution in [2.45, 2.75) is 46.1 Å². The van der Waals surface area contributed by atoms with Crippen LogP contribution in [0.3, 0.4) is 0 Å². The summed E-state index contributed by atoms with van der Waals surface area (Å²) in [5, 5.41) is 0. The lowest BCUT2D eigenvalue weighted by atomic mass is 9.90. The molecule has 2 N–H and O–H groups in total. The first-order valence-corrected chi connectivity index (χ1v) is 6.07. The van der Waals surface area contributed by atoms with Crippen LogP contribution in [0.5, 0.6) is 0 Å². The molecule has 1 heterocycles. The predicted molar refractivity (Wildman–Crippen MR) is 62.3 cm³/mol. The Hall–Kier alpha value is -0.0800. The molecule has 84 valence electrons. The third-order valence-corrected chi connectivity index (χ3v) is 3.35. The second-order valence-electron chi connectivity index (χ2n) is 5.18. The minimum absolute atomic E-state index is 0.726. The van der Waals surface area contributed by atoms with Gasteiger partial charge < -0.3 is 10.6 Å². The van der Waals surface area contributed by atoms with E-state index in [-0.39, 0.29) is 0 Å². The molecule has 1 rings (SSSR count). The highest BCUT2D eigenvalue weighted by atomic mass is 15.2. The van der Waals surface area contributed by atoms with Crippen molar-refractivity contribution < 1.29 is 0 Å². The molecule has 1 saturated heterocycles. The van der Waals surface area contributed by atoms with Crippen LogP contribution < -0.4 is 5.73 Å². The van der Waals surface area contributed by atoms with E-state index < -0.39 is 0 Å².